The standard InChI is InChI=1S/C19H20N4O/c1-14-6-2-4-8-16(14)20-19-21-17-9-5-3-7-15(17)18(22-19)23-10-12-24-13-11-23/h2-9H,10-13H2,1H3,(H,20,21,22)/p+1. The van der Waals surface area contributed by atoms with Crippen LogP contribution in [0.1, 0.15) is 5.56 Å². The van der Waals surface area contributed by atoms with Crippen LogP contribution in [0, 0.1) is 6.92 Å². The number of nitrogens with zero attached hydrogens (tertiary/aromatic N) is 2. The number of hydrogen-bond acceptors (Lipinski definition) is 4. The number of fused-ring (bicyclic) bond motifs is 1. The summed E-state index contributed by atoms with van der Waals surface area (Å²) in [5, 5.41) is 4.49. The zero-order valence-electron chi connectivity index (χ0n) is 13.7. The topological polar surface area (TPSA) is 51.5 Å². The van der Waals surface area contributed by atoms with E-state index in [9.17, 15) is 0 Å². The number of benzene rings is 2. The van der Waals surface area contributed by atoms with E-state index in [1.807, 2.05) is 30.3 Å². The van der Waals surface area contributed by atoms with Gasteiger partial charge in [-0.05, 0) is 30.7 Å². The largest absolute Gasteiger partial charge is 0.370 e. The summed E-state index contributed by atoms with van der Waals surface area (Å²) in [5.74, 6) is 1.71. The average Bonchev–Trinajstić information content (AvgIpc) is 2.64. The molecule has 1 fully saturated rings. The van der Waals surface area contributed by atoms with Gasteiger partial charge in [-0.25, -0.2) is 4.98 Å². The normalized spacial score (nSPS) is 15.5. The van der Waals surface area contributed by atoms with Crippen molar-refractivity contribution in [2.75, 3.05) is 31.6 Å². The minimum absolute atomic E-state index is 0.650. The molecule has 24 heavy (non-hydrogen) atoms. The van der Waals surface area contributed by atoms with Crippen LogP contribution in [0.5, 0.6) is 0 Å². The highest BCUT2D eigenvalue weighted by Gasteiger charge is 2.22. The van der Waals surface area contributed by atoms with Gasteiger partial charge in [0, 0.05) is 5.69 Å². The monoisotopic (exact) mass is 321 g/mol. The van der Waals surface area contributed by atoms with Crippen molar-refractivity contribution in [3.63, 3.8) is 0 Å². The lowest BCUT2D eigenvalue weighted by Gasteiger charge is -2.23. The summed E-state index contributed by atoms with van der Waals surface area (Å²) in [4.78, 5) is 10.9. The molecule has 4 rings (SSSR count). The molecule has 2 heterocycles. The number of hydrogen-bond donors (Lipinski definition) is 2. The van der Waals surface area contributed by atoms with E-state index in [0.29, 0.717) is 5.95 Å². The van der Waals surface area contributed by atoms with E-state index in [-0.39, 0.29) is 0 Å². The van der Waals surface area contributed by atoms with E-state index in [4.69, 9.17) is 14.7 Å². The van der Waals surface area contributed by atoms with E-state index in [1.54, 1.807) is 0 Å². The van der Waals surface area contributed by atoms with E-state index >= 15 is 0 Å². The number of morpholine rings is 1. The first-order chi connectivity index (χ1) is 11.8. The number of quaternary nitrogens is 1. The molecular weight excluding hydrogens is 300 g/mol. The first kappa shape index (κ1) is 15.1. The summed E-state index contributed by atoms with van der Waals surface area (Å²) in [5.41, 5.74) is 3.18. The Hall–Kier alpha value is -2.50. The van der Waals surface area contributed by atoms with Crippen molar-refractivity contribution in [1.82, 2.24) is 9.97 Å². The van der Waals surface area contributed by atoms with Gasteiger partial charge < -0.3 is 10.1 Å². The number of aromatic nitrogens is 2. The van der Waals surface area contributed by atoms with Crippen LogP contribution in [0.2, 0.25) is 0 Å². The molecule has 0 radical (unpaired) electrons. The van der Waals surface area contributed by atoms with Crippen LogP contribution in [-0.2, 0) is 4.74 Å². The van der Waals surface area contributed by atoms with Gasteiger partial charge in [0.15, 0.2) is 0 Å². The van der Waals surface area contributed by atoms with Crippen LogP contribution in [0.4, 0.5) is 17.5 Å². The molecular formula is C19H21N4O+. The summed E-state index contributed by atoms with van der Waals surface area (Å²) >= 11 is 0. The Balaban J connectivity index is 1.77. The van der Waals surface area contributed by atoms with Gasteiger partial charge in [-0.2, -0.15) is 4.98 Å². The molecule has 0 saturated carbocycles. The van der Waals surface area contributed by atoms with Crippen molar-refractivity contribution in [2.24, 2.45) is 0 Å². The summed E-state index contributed by atoms with van der Waals surface area (Å²) in [6.45, 7) is 5.50. The second-order valence-electron chi connectivity index (χ2n) is 6.07. The Morgan fingerprint density at radius 2 is 1.71 bits per heavy atom. The molecule has 0 spiro atoms. The maximum Gasteiger partial charge on any atom is 0.238 e. The maximum absolute atomic E-state index is 5.50. The lowest BCUT2D eigenvalue weighted by molar-refractivity contribution is -0.843. The molecule has 1 saturated heterocycles. The van der Waals surface area contributed by atoms with E-state index in [0.717, 1.165) is 48.7 Å². The Labute approximate surface area is 141 Å². The van der Waals surface area contributed by atoms with Crippen molar-refractivity contribution in [3.8, 4) is 0 Å². The van der Waals surface area contributed by atoms with E-state index in [2.05, 4.69) is 30.4 Å². The summed E-state index contributed by atoms with van der Waals surface area (Å²) in [7, 11) is 0. The number of ether oxygens (including phenoxy) is 1. The molecule has 1 aliphatic heterocycles. The van der Waals surface area contributed by atoms with Crippen molar-refractivity contribution in [1.29, 1.82) is 0 Å². The highest BCUT2D eigenvalue weighted by molar-refractivity contribution is 5.87. The molecule has 2 N–H and O–H groups in total. The minimum Gasteiger partial charge on any atom is -0.370 e. The van der Waals surface area contributed by atoms with Crippen LogP contribution >= 0.6 is 0 Å². The third-order valence-corrected chi connectivity index (χ3v) is 4.43. The molecule has 0 unspecified atom stereocenters. The first-order valence-corrected chi connectivity index (χ1v) is 8.33. The molecule has 1 aliphatic rings. The Morgan fingerprint density at radius 1 is 0.958 bits per heavy atom. The number of rotatable bonds is 3. The molecule has 3 aromatic rings. The molecule has 5 heteroatoms. The molecule has 5 nitrogen and oxygen atoms in total. The maximum atomic E-state index is 5.50. The van der Waals surface area contributed by atoms with Gasteiger partial charge in [-0.1, -0.05) is 30.3 Å². The Bertz CT molecular complexity index is 859. The van der Waals surface area contributed by atoms with Crippen molar-refractivity contribution < 1.29 is 9.64 Å². The average molecular weight is 321 g/mol. The van der Waals surface area contributed by atoms with Gasteiger partial charge >= 0.3 is 0 Å². The summed E-state index contributed by atoms with van der Waals surface area (Å²) < 4.78 is 5.50. The number of aryl methyl sites for hydroxylation is 1. The lowest BCUT2D eigenvalue weighted by atomic mass is 10.2. The molecule has 0 atom stereocenters. The fraction of sp³-hybridized carbons (Fsp3) is 0.263. The number of anilines is 2. The Morgan fingerprint density at radius 3 is 2.54 bits per heavy atom. The van der Waals surface area contributed by atoms with Crippen LogP contribution in [0.3, 0.4) is 0 Å². The molecule has 0 amide bonds. The van der Waals surface area contributed by atoms with Crippen LogP contribution in [0.25, 0.3) is 10.9 Å². The van der Waals surface area contributed by atoms with Crippen molar-refractivity contribution >= 4 is 28.4 Å². The second-order valence-corrected chi connectivity index (χ2v) is 6.07. The summed E-state index contributed by atoms with van der Waals surface area (Å²) in [6.07, 6.45) is 0. The zero-order chi connectivity index (χ0) is 16.4. The predicted octanol–water partition coefficient (Wildman–Crippen LogP) is 2.23. The van der Waals surface area contributed by atoms with E-state index < -0.39 is 0 Å². The van der Waals surface area contributed by atoms with Crippen LogP contribution in [-0.4, -0.2) is 36.3 Å². The van der Waals surface area contributed by atoms with Gasteiger partial charge in [0.1, 0.15) is 13.1 Å². The lowest BCUT2D eigenvalue weighted by Crippen LogP contribution is -3.09. The predicted molar refractivity (Wildman–Crippen MR) is 95.2 cm³/mol. The van der Waals surface area contributed by atoms with Crippen molar-refractivity contribution in [3.05, 3.63) is 54.1 Å². The van der Waals surface area contributed by atoms with Crippen molar-refractivity contribution in [2.45, 2.75) is 6.92 Å². The SMILES string of the molecule is Cc1ccccc1Nc1nc([NH+]2CCOCC2)c2ccccc2n1. The fourth-order valence-corrected chi connectivity index (χ4v) is 3.09. The third-order valence-electron chi connectivity index (χ3n) is 4.43. The number of para-hydroxylation sites is 2. The minimum atomic E-state index is 0.650. The molecule has 0 aliphatic carbocycles. The van der Waals surface area contributed by atoms with Gasteiger partial charge in [0.25, 0.3) is 0 Å². The molecule has 2 aromatic carbocycles. The van der Waals surface area contributed by atoms with Gasteiger partial charge in [0.2, 0.25) is 11.8 Å². The zero-order valence-corrected chi connectivity index (χ0v) is 13.7. The molecule has 1 aromatic heterocycles. The van der Waals surface area contributed by atoms with Gasteiger partial charge in [0.05, 0.1) is 24.1 Å². The molecule has 122 valence electrons. The van der Waals surface area contributed by atoms with Crippen LogP contribution in [0.15, 0.2) is 48.5 Å². The second kappa shape index (κ2) is 6.55. The fourth-order valence-electron chi connectivity index (χ4n) is 3.09. The first-order valence-electron chi connectivity index (χ1n) is 8.33. The molecule has 0 bridgehead atoms. The van der Waals surface area contributed by atoms with Gasteiger partial charge in [-0.15, -0.1) is 0 Å². The highest BCUT2D eigenvalue weighted by Crippen LogP contribution is 2.23. The quantitative estimate of drug-likeness (QED) is 0.777. The third kappa shape index (κ3) is 2.96. The van der Waals surface area contributed by atoms with Gasteiger partial charge in [-0.3, -0.25) is 4.90 Å². The van der Waals surface area contributed by atoms with Crippen LogP contribution < -0.4 is 10.2 Å². The smallest absolute Gasteiger partial charge is 0.238 e. The Kier molecular flexibility index (Phi) is 4.11. The number of nitrogens with one attached hydrogen (secondary N) is 2. The highest BCUT2D eigenvalue weighted by atomic mass is 16.5. The summed E-state index contributed by atoms with van der Waals surface area (Å²) in [6, 6.07) is 16.4. The van der Waals surface area contributed by atoms with E-state index in [1.165, 1.54) is 10.5 Å².